The van der Waals surface area contributed by atoms with Crippen LogP contribution in [0.15, 0.2) is 30.3 Å². The van der Waals surface area contributed by atoms with Crippen molar-refractivity contribution in [1.29, 1.82) is 0 Å². The van der Waals surface area contributed by atoms with E-state index in [1.165, 1.54) is 0 Å². The van der Waals surface area contributed by atoms with Crippen LogP contribution in [0.5, 0.6) is 0 Å². The van der Waals surface area contributed by atoms with Crippen LogP contribution in [0.1, 0.15) is 107 Å². The van der Waals surface area contributed by atoms with E-state index in [1.54, 1.807) is 27.7 Å². The highest BCUT2D eigenvalue weighted by Gasteiger charge is 2.33. The predicted molar refractivity (Wildman–Crippen MR) is 204 cm³/mol. The van der Waals surface area contributed by atoms with Gasteiger partial charge < -0.3 is 36.4 Å². The number of benzene rings is 1. The SMILES string of the molecule is CC(C)C[C@H](NC(=O)OC(C)(C)C)C(=O)N[C@@H](CCS)C(=O)N[C@@H](CC(C)C)[C@@H](O)C[C@@H](C)C(=O)N[C@@H](CC(C)C)C(=O)NCc1ccccc1. The van der Waals surface area contributed by atoms with Gasteiger partial charge in [-0.1, -0.05) is 78.8 Å². The van der Waals surface area contributed by atoms with Crippen molar-refractivity contribution in [2.24, 2.45) is 23.7 Å². The van der Waals surface area contributed by atoms with E-state index in [0.29, 0.717) is 25.8 Å². The second-order valence-corrected chi connectivity index (χ2v) is 16.2. The summed E-state index contributed by atoms with van der Waals surface area (Å²) in [5, 5.41) is 25.4. The molecule has 0 aliphatic rings. The molecule has 0 saturated carbocycles. The third kappa shape index (κ3) is 19.2. The molecule has 1 aromatic carbocycles. The quantitative estimate of drug-likeness (QED) is 0.0911. The number of aliphatic hydroxyl groups excluding tert-OH is 1. The molecule has 0 aliphatic heterocycles. The summed E-state index contributed by atoms with van der Waals surface area (Å²) in [6, 6.07) is 6.11. The van der Waals surface area contributed by atoms with Gasteiger partial charge in [-0.25, -0.2) is 4.79 Å². The Morgan fingerprint density at radius 3 is 1.71 bits per heavy atom. The van der Waals surface area contributed by atoms with E-state index in [0.717, 1.165) is 5.56 Å². The molecule has 0 saturated heterocycles. The number of alkyl carbamates (subject to hydrolysis) is 1. The van der Waals surface area contributed by atoms with Crippen LogP contribution >= 0.6 is 12.6 Å². The lowest BCUT2D eigenvalue weighted by Crippen LogP contribution is -2.57. The maximum absolute atomic E-state index is 13.6. The maximum atomic E-state index is 13.6. The number of hydrogen-bond acceptors (Lipinski definition) is 8. The van der Waals surface area contributed by atoms with Crippen LogP contribution in [0, 0.1) is 23.7 Å². The molecule has 51 heavy (non-hydrogen) atoms. The number of carbonyl (C=O) groups is 5. The molecule has 1 rings (SSSR count). The summed E-state index contributed by atoms with van der Waals surface area (Å²) in [4.78, 5) is 65.9. The van der Waals surface area contributed by atoms with Gasteiger partial charge in [0.1, 0.15) is 23.7 Å². The molecule has 5 amide bonds. The van der Waals surface area contributed by atoms with Crippen LogP contribution in [0.25, 0.3) is 0 Å². The van der Waals surface area contributed by atoms with Crippen molar-refractivity contribution in [2.45, 2.75) is 144 Å². The van der Waals surface area contributed by atoms with Gasteiger partial charge in [0.25, 0.3) is 0 Å². The lowest BCUT2D eigenvalue weighted by atomic mass is 9.91. The molecule has 12 nitrogen and oxygen atoms in total. The summed E-state index contributed by atoms with van der Waals surface area (Å²) < 4.78 is 5.34. The van der Waals surface area contributed by atoms with Crippen LogP contribution in [0.3, 0.4) is 0 Å². The third-order valence-corrected chi connectivity index (χ3v) is 8.23. The number of aliphatic hydroxyl groups is 1. The Morgan fingerprint density at radius 1 is 0.686 bits per heavy atom. The Kier molecular flexibility index (Phi) is 20.2. The maximum Gasteiger partial charge on any atom is 0.408 e. The topological polar surface area (TPSA) is 175 Å². The minimum atomic E-state index is -1.09. The van der Waals surface area contributed by atoms with E-state index in [-0.39, 0.29) is 48.2 Å². The summed E-state index contributed by atoms with van der Waals surface area (Å²) in [5.74, 6) is -1.80. The Bertz CT molecular complexity index is 1240. The first-order valence-corrected chi connectivity index (χ1v) is 18.9. The fourth-order valence-corrected chi connectivity index (χ4v) is 5.74. The van der Waals surface area contributed by atoms with Crippen molar-refractivity contribution < 1.29 is 33.8 Å². The fourth-order valence-electron chi connectivity index (χ4n) is 5.49. The Morgan fingerprint density at radius 2 is 1.20 bits per heavy atom. The molecular weight excluding hydrogens is 671 g/mol. The minimum absolute atomic E-state index is 0.0311. The second kappa shape index (κ2) is 22.6. The molecule has 0 aliphatic carbocycles. The van der Waals surface area contributed by atoms with Crippen molar-refractivity contribution in [3.05, 3.63) is 35.9 Å². The number of ether oxygens (including phenoxy) is 1. The monoisotopic (exact) mass is 735 g/mol. The molecule has 6 N–H and O–H groups in total. The normalized spacial score (nSPS) is 15.3. The number of rotatable bonds is 21. The standard InChI is InChI=1S/C38H65N5O7S/c1-23(2)18-29(41-35(47)28(16-17-51)40-36(48)31(20-25(5)6)43-37(49)50-38(8,9)10)32(44)21-26(7)33(45)42-30(19-24(3)4)34(46)39-22-27-14-12-11-13-15-27/h11-15,23-26,28-32,44,51H,16-22H2,1-10H3,(H,39,46)(H,40,48)(H,41,47)(H,42,45)(H,43,49)/t26-,28+,29+,30+,31+,32+/m1/s1. The summed E-state index contributed by atoms with van der Waals surface area (Å²) in [6.07, 6.45) is -0.421. The number of nitrogens with one attached hydrogen (secondary N) is 5. The number of thiol groups is 1. The van der Waals surface area contributed by atoms with Crippen LogP contribution in [-0.2, 0) is 30.5 Å². The predicted octanol–water partition coefficient (Wildman–Crippen LogP) is 4.50. The molecule has 0 aromatic heterocycles. The zero-order chi connectivity index (χ0) is 38.9. The van der Waals surface area contributed by atoms with E-state index >= 15 is 0 Å². The first-order chi connectivity index (χ1) is 23.7. The summed E-state index contributed by atoms with van der Waals surface area (Å²) in [7, 11) is 0. The highest BCUT2D eigenvalue weighted by atomic mass is 32.1. The smallest absolute Gasteiger partial charge is 0.408 e. The summed E-state index contributed by atoms with van der Waals surface area (Å²) in [6.45, 7) is 18.9. The molecule has 0 bridgehead atoms. The highest BCUT2D eigenvalue weighted by Crippen LogP contribution is 2.18. The largest absolute Gasteiger partial charge is 0.444 e. The zero-order valence-electron chi connectivity index (χ0n) is 32.4. The first kappa shape index (κ1) is 45.7. The second-order valence-electron chi connectivity index (χ2n) is 15.7. The Balaban J connectivity index is 3.01. The molecule has 0 unspecified atom stereocenters. The zero-order valence-corrected chi connectivity index (χ0v) is 33.3. The third-order valence-electron chi connectivity index (χ3n) is 7.98. The van der Waals surface area contributed by atoms with E-state index in [9.17, 15) is 29.1 Å². The van der Waals surface area contributed by atoms with Gasteiger partial charge >= 0.3 is 6.09 Å². The molecule has 290 valence electrons. The van der Waals surface area contributed by atoms with Crippen molar-refractivity contribution in [1.82, 2.24) is 26.6 Å². The van der Waals surface area contributed by atoms with Gasteiger partial charge in [-0.05, 0) is 81.9 Å². The highest BCUT2D eigenvalue weighted by molar-refractivity contribution is 7.80. The van der Waals surface area contributed by atoms with E-state index in [2.05, 4.69) is 39.2 Å². The molecular formula is C38H65N5O7S. The van der Waals surface area contributed by atoms with Crippen molar-refractivity contribution >= 4 is 42.4 Å². The van der Waals surface area contributed by atoms with Gasteiger partial charge in [-0.15, -0.1) is 0 Å². The molecule has 0 heterocycles. The minimum Gasteiger partial charge on any atom is -0.444 e. The van der Waals surface area contributed by atoms with Gasteiger partial charge in [0.2, 0.25) is 23.6 Å². The Labute approximate surface area is 311 Å². The average Bonchev–Trinajstić information content (AvgIpc) is 3.01. The molecule has 0 fully saturated rings. The fraction of sp³-hybridized carbons (Fsp3) is 0.711. The number of hydrogen-bond donors (Lipinski definition) is 7. The van der Waals surface area contributed by atoms with Crippen LogP contribution in [0.2, 0.25) is 0 Å². The molecule has 1 aromatic rings. The molecule has 6 atom stereocenters. The Hall–Kier alpha value is -3.32. The molecule has 13 heteroatoms. The molecule has 0 radical (unpaired) electrons. The van der Waals surface area contributed by atoms with Crippen molar-refractivity contribution in [2.75, 3.05) is 5.75 Å². The van der Waals surface area contributed by atoms with E-state index < -0.39 is 59.7 Å². The molecule has 0 spiro atoms. The van der Waals surface area contributed by atoms with Crippen LogP contribution in [0.4, 0.5) is 4.79 Å². The number of amides is 5. The van der Waals surface area contributed by atoms with Crippen LogP contribution in [-0.4, -0.2) is 76.5 Å². The van der Waals surface area contributed by atoms with E-state index in [4.69, 9.17) is 4.74 Å². The van der Waals surface area contributed by atoms with E-state index in [1.807, 2.05) is 71.9 Å². The van der Waals surface area contributed by atoms with Crippen molar-refractivity contribution in [3.8, 4) is 0 Å². The first-order valence-electron chi connectivity index (χ1n) is 18.2. The summed E-state index contributed by atoms with van der Waals surface area (Å²) >= 11 is 4.29. The lowest BCUT2D eigenvalue weighted by molar-refractivity contribution is -0.132. The van der Waals surface area contributed by atoms with Crippen LogP contribution < -0.4 is 26.6 Å². The van der Waals surface area contributed by atoms with Gasteiger partial charge in [-0.3, -0.25) is 19.2 Å². The number of carbonyl (C=O) groups excluding carboxylic acids is 5. The average molecular weight is 736 g/mol. The summed E-state index contributed by atoms with van der Waals surface area (Å²) in [5.41, 5.74) is 0.189. The van der Waals surface area contributed by atoms with Gasteiger partial charge in [-0.2, -0.15) is 12.6 Å². The lowest BCUT2D eigenvalue weighted by Gasteiger charge is -2.30. The van der Waals surface area contributed by atoms with Crippen molar-refractivity contribution in [3.63, 3.8) is 0 Å². The van der Waals surface area contributed by atoms with Gasteiger partial charge in [0.05, 0.1) is 12.1 Å². The van der Waals surface area contributed by atoms with Gasteiger partial charge in [0.15, 0.2) is 0 Å². The van der Waals surface area contributed by atoms with Gasteiger partial charge in [0, 0.05) is 12.5 Å².